The number of carboxylic acids is 1. The van der Waals surface area contributed by atoms with Crippen LogP contribution in [0.25, 0.3) is 17.0 Å². The summed E-state index contributed by atoms with van der Waals surface area (Å²) in [6, 6.07) is 7.56. The fraction of sp³-hybridized carbons (Fsp3) is 0.0833. The summed E-state index contributed by atoms with van der Waals surface area (Å²) >= 11 is 0. The van der Waals surface area contributed by atoms with E-state index in [4.69, 9.17) is 9.84 Å². The molecule has 16 heavy (non-hydrogen) atoms. The van der Waals surface area contributed by atoms with Crippen molar-refractivity contribution in [1.82, 2.24) is 4.98 Å². The molecule has 0 aliphatic carbocycles. The second-order valence-electron chi connectivity index (χ2n) is 3.34. The van der Waals surface area contributed by atoms with Crippen molar-refractivity contribution < 1.29 is 14.6 Å². The first-order valence-electron chi connectivity index (χ1n) is 4.77. The number of benzene rings is 1. The molecule has 4 nitrogen and oxygen atoms in total. The van der Waals surface area contributed by atoms with Gasteiger partial charge in [0.15, 0.2) is 0 Å². The maximum atomic E-state index is 10.7. The van der Waals surface area contributed by atoms with Crippen molar-refractivity contribution in [1.29, 1.82) is 0 Å². The number of methoxy groups -OCH3 is 1. The Hall–Kier alpha value is -2.23. The average Bonchev–Trinajstić information content (AvgIpc) is 2.72. The topological polar surface area (TPSA) is 62.3 Å². The number of hydrogen-bond donors (Lipinski definition) is 2. The minimum atomic E-state index is -1.07. The molecule has 0 radical (unpaired) electrons. The minimum Gasteiger partial charge on any atom is -0.490 e. The quantitative estimate of drug-likeness (QED) is 0.612. The van der Waals surface area contributed by atoms with Crippen molar-refractivity contribution in [3.8, 4) is 0 Å². The Balaban J connectivity index is 2.43. The second kappa shape index (κ2) is 4.10. The lowest BCUT2D eigenvalue weighted by Crippen LogP contribution is -2.01. The maximum absolute atomic E-state index is 10.7. The molecule has 1 aromatic carbocycles. The monoisotopic (exact) mass is 217 g/mol. The molecular formula is C12H11NO3. The van der Waals surface area contributed by atoms with Crippen LogP contribution in [0.1, 0.15) is 5.56 Å². The van der Waals surface area contributed by atoms with E-state index >= 15 is 0 Å². The molecule has 82 valence electrons. The van der Waals surface area contributed by atoms with Gasteiger partial charge in [-0.3, -0.25) is 0 Å². The maximum Gasteiger partial charge on any atom is 0.371 e. The van der Waals surface area contributed by atoms with Gasteiger partial charge in [0.25, 0.3) is 0 Å². The van der Waals surface area contributed by atoms with Gasteiger partial charge in [0.2, 0.25) is 5.76 Å². The number of H-pyrrole nitrogens is 1. The third kappa shape index (κ3) is 1.91. The van der Waals surface area contributed by atoms with Gasteiger partial charge in [-0.05, 0) is 35.2 Å². The summed E-state index contributed by atoms with van der Waals surface area (Å²) in [6.07, 6.45) is 3.33. The summed E-state index contributed by atoms with van der Waals surface area (Å²) in [5.74, 6) is -1.15. The normalized spacial score (nSPS) is 11.7. The van der Waals surface area contributed by atoms with Crippen LogP contribution in [-0.4, -0.2) is 23.2 Å². The third-order valence-corrected chi connectivity index (χ3v) is 2.31. The van der Waals surface area contributed by atoms with E-state index in [9.17, 15) is 4.79 Å². The van der Waals surface area contributed by atoms with Gasteiger partial charge in [0.05, 0.1) is 7.11 Å². The lowest BCUT2D eigenvalue weighted by molar-refractivity contribution is -0.135. The molecular weight excluding hydrogens is 206 g/mol. The number of aromatic nitrogens is 1. The lowest BCUT2D eigenvalue weighted by Gasteiger charge is -2.00. The Morgan fingerprint density at radius 1 is 1.44 bits per heavy atom. The molecule has 0 bridgehead atoms. The van der Waals surface area contributed by atoms with Gasteiger partial charge in [0, 0.05) is 11.7 Å². The van der Waals surface area contributed by atoms with Crippen LogP contribution < -0.4 is 0 Å². The average molecular weight is 217 g/mol. The highest BCUT2D eigenvalue weighted by atomic mass is 16.5. The standard InChI is InChI=1S/C12H11NO3/c1-16-11(12(14)15)7-8-2-3-10-9(6-8)4-5-13-10/h2-7,13H,1H3,(H,14,15)/b11-7-. The summed E-state index contributed by atoms with van der Waals surface area (Å²) in [5.41, 5.74) is 1.82. The van der Waals surface area contributed by atoms with E-state index in [1.165, 1.54) is 13.2 Å². The first-order chi connectivity index (χ1) is 7.70. The molecule has 0 aliphatic rings. The summed E-state index contributed by atoms with van der Waals surface area (Å²) in [5, 5.41) is 9.85. The number of nitrogens with one attached hydrogen (secondary N) is 1. The molecule has 0 unspecified atom stereocenters. The molecule has 1 heterocycles. The van der Waals surface area contributed by atoms with E-state index in [2.05, 4.69) is 4.98 Å². The van der Waals surface area contributed by atoms with Crippen molar-refractivity contribution in [2.45, 2.75) is 0 Å². The SMILES string of the molecule is CO/C(=C\c1ccc2[nH]ccc2c1)C(=O)O. The molecule has 0 saturated carbocycles. The minimum absolute atomic E-state index is 0.0742. The number of rotatable bonds is 3. The van der Waals surface area contributed by atoms with Crippen molar-refractivity contribution >= 4 is 22.9 Å². The van der Waals surface area contributed by atoms with Gasteiger partial charge in [-0.15, -0.1) is 0 Å². The van der Waals surface area contributed by atoms with Gasteiger partial charge in [-0.1, -0.05) is 6.07 Å². The van der Waals surface area contributed by atoms with E-state index in [-0.39, 0.29) is 5.76 Å². The second-order valence-corrected chi connectivity index (χ2v) is 3.34. The van der Waals surface area contributed by atoms with Crippen LogP contribution in [0.2, 0.25) is 0 Å². The van der Waals surface area contributed by atoms with Crippen molar-refractivity contribution in [2.75, 3.05) is 7.11 Å². The largest absolute Gasteiger partial charge is 0.490 e. The van der Waals surface area contributed by atoms with Crippen molar-refractivity contribution in [3.63, 3.8) is 0 Å². The highest BCUT2D eigenvalue weighted by Gasteiger charge is 2.06. The van der Waals surface area contributed by atoms with Gasteiger partial charge in [0.1, 0.15) is 0 Å². The zero-order valence-electron chi connectivity index (χ0n) is 8.73. The number of carboxylic acid groups (broad SMARTS) is 1. The lowest BCUT2D eigenvalue weighted by atomic mass is 10.1. The smallest absolute Gasteiger partial charge is 0.371 e. The molecule has 0 aliphatic heterocycles. The number of hydrogen-bond acceptors (Lipinski definition) is 2. The van der Waals surface area contributed by atoms with Crippen LogP contribution in [0.3, 0.4) is 0 Å². The number of aliphatic carboxylic acids is 1. The van der Waals surface area contributed by atoms with Crippen LogP contribution >= 0.6 is 0 Å². The van der Waals surface area contributed by atoms with E-state index in [0.29, 0.717) is 0 Å². The molecule has 4 heteroatoms. The Kier molecular flexibility index (Phi) is 2.64. The first-order valence-corrected chi connectivity index (χ1v) is 4.77. The van der Waals surface area contributed by atoms with E-state index < -0.39 is 5.97 Å². The van der Waals surface area contributed by atoms with Crippen LogP contribution in [0, 0.1) is 0 Å². The zero-order valence-corrected chi connectivity index (χ0v) is 8.73. The third-order valence-electron chi connectivity index (χ3n) is 2.31. The molecule has 0 amide bonds. The molecule has 2 aromatic rings. The highest BCUT2D eigenvalue weighted by Crippen LogP contribution is 2.16. The number of ether oxygens (including phenoxy) is 1. The molecule has 0 spiro atoms. The van der Waals surface area contributed by atoms with Crippen molar-refractivity contribution in [3.05, 3.63) is 41.8 Å². The molecule has 2 rings (SSSR count). The molecule has 0 atom stereocenters. The number of fused-ring (bicyclic) bond motifs is 1. The molecule has 1 aromatic heterocycles. The Morgan fingerprint density at radius 2 is 2.25 bits per heavy atom. The highest BCUT2D eigenvalue weighted by molar-refractivity contribution is 5.91. The van der Waals surface area contributed by atoms with Gasteiger partial charge >= 0.3 is 5.97 Å². The fourth-order valence-electron chi connectivity index (χ4n) is 1.52. The van der Waals surface area contributed by atoms with Gasteiger partial charge in [-0.2, -0.15) is 0 Å². The number of aromatic amines is 1. The summed E-state index contributed by atoms with van der Waals surface area (Å²) in [7, 11) is 1.34. The fourth-order valence-corrected chi connectivity index (χ4v) is 1.52. The van der Waals surface area contributed by atoms with E-state index in [0.717, 1.165) is 16.5 Å². The molecule has 2 N–H and O–H groups in total. The van der Waals surface area contributed by atoms with Crippen molar-refractivity contribution in [2.24, 2.45) is 0 Å². The van der Waals surface area contributed by atoms with Gasteiger partial charge < -0.3 is 14.8 Å². The molecule has 0 fully saturated rings. The van der Waals surface area contributed by atoms with Gasteiger partial charge in [-0.25, -0.2) is 4.79 Å². The van der Waals surface area contributed by atoms with Crippen LogP contribution in [0.5, 0.6) is 0 Å². The van der Waals surface area contributed by atoms with E-state index in [1.807, 2.05) is 30.5 Å². The summed E-state index contributed by atoms with van der Waals surface area (Å²) < 4.78 is 4.76. The Bertz CT molecular complexity index is 554. The summed E-state index contributed by atoms with van der Waals surface area (Å²) in [4.78, 5) is 13.8. The Labute approximate surface area is 92.2 Å². The molecule has 0 saturated heterocycles. The van der Waals surface area contributed by atoms with Crippen LogP contribution in [0.4, 0.5) is 0 Å². The van der Waals surface area contributed by atoms with Crippen LogP contribution in [-0.2, 0) is 9.53 Å². The van der Waals surface area contributed by atoms with E-state index in [1.54, 1.807) is 0 Å². The zero-order chi connectivity index (χ0) is 11.5. The Morgan fingerprint density at radius 3 is 2.94 bits per heavy atom. The number of carbonyl (C=O) groups is 1. The first kappa shape index (κ1) is 10.3. The predicted octanol–water partition coefficient (Wildman–Crippen LogP) is 2.24. The van der Waals surface area contributed by atoms with Crippen LogP contribution in [0.15, 0.2) is 36.2 Å². The summed E-state index contributed by atoms with van der Waals surface area (Å²) in [6.45, 7) is 0. The predicted molar refractivity (Wildman–Crippen MR) is 60.9 cm³/mol.